The summed E-state index contributed by atoms with van der Waals surface area (Å²) in [6.45, 7) is 7.59. The lowest BCUT2D eigenvalue weighted by molar-refractivity contribution is -0.145. The third-order valence-electron chi connectivity index (χ3n) is 12.0. The van der Waals surface area contributed by atoms with E-state index in [0.717, 1.165) is 76.4 Å². The summed E-state index contributed by atoms with van der Waals surface area (Å²) in [5.74, 6) is 1.62. The summed E-state index contributed by atoms with van der Waals surface area (Å²) in [7, 11) is 0. The van der Waals surface area contributed by atoms with Gasteiger partial charge >= 0.3 is 11.9 Å². The molecule has 0 saturated carbocycles. The van der Waals surface area contributed by atoms with E-state index < -0.39 is 0 Å². The van der Waals surface area contributed by atoms with Crippen LogP contribution in [0.3, 0.4) is 0 Å². The summed E-state index contributed by atoms with van der Waals surface area (Å²) in [5, 5.41) is 0. The average molecular weight is 763 g/mol. The zero-order valence-electron chi connectivity index (χ0n) is 36.0. The monoisotopic (exact) mass is 763 g/mol. The second kappa shape index (κ2) is 36.2. The number of hydrogen-bond donors (Lipinski definition) is 0. The summed E-state index contributed by atoms with van der Waals surface area (Å²) in [6, 6.07) is 0. The van der Waals surface area contributed by atoms with E-state index >= 15 is 0 Å². The number of hydrogen-bond acceptors (Lipinski definition) is 6. The first-order valence-corrected chi connectivity index (χ1v) is 24.1. The third kappa shape index (κ3) is 33.0. The van der Waals surface area contributed by atoms with E-state index in [4.69, 9.17) is 18.9 Å². The van der Waals surface area contributed by atoms with E-state index in [2.05, 4.69) is 13.8 Å². The Bertz CT molecular complexity index is 771. The van der Waals surface area contributed by atoms with Gasteiger partial charge in [0.25, 0.3) is 0 Å². The van der Waals surface area contributed by atoms with E-state index in [9.17, 15) is 9.59 Å². The molecule has 54 heavy (non-hydrogen) atoms. The molecule has 0 aromatic heterocycles. The van der Waals surface area contributed by atoms with Crippen LogP contribution in [0.25, 0.3) is 0 Å². The first-order valence-electron chi connectivity index (χ1n) is 24.1. The second-order valence-corrected chi connectivity index (χ2v) is 17.4. The molecule has 318 valence electrons. The smallest absolute Gasteiger partial charge is 0.305 e. The Kier molecular flexibility index (Phi) is 32.9. The predicted molar refractivity (Wildman–Crippen MR) is 226 cm³/mol. The van der Waals surface area contributed by atoms with Crippen molar-refractivity contribution in [2.45, 2.75) is 257 Å². The molecule has 0 N–H and O–H groups in total. The molecule has 2 saturated heterocycles. The Balaban J connectivity index is 1.28. The van der Waals surface area contributed by atoms with Crippen molar-refractivity contribution in [2.24, 2.45) is 11.8 Å². The topological polar surface area (TPSA) is 77.7 Å². The first kappa shape index (κ1) is 49.0. The highest BCUT2D eigenvalue weighted by molar-refractivity contribution is 5.69. The van der Waals surface area contributed by atoms with Gasteiger partial charge in [0.1, 0.15) is 0 Å². The van der Waals surface area contributed by atoms with E-state index in [1.807, 2.05) is 0 Å². The lowest BCUT2D eigenvalue weighted by Gasteiger charge is -2.16. The molecule has 2 rings (SSSR count). The van der Waals surface area contributed by atoms with Crippen molar-refractivity contribution in [3.05, 3.63) is 0 Å². The van der Waals surface area contributed by atoms with Gasteiger partial charge in [0.05, 0.1) is 38.6 Å². The van der Waals surface area contributed by atoms with Crippen LogP contribution in [0.4, 0.5) is 0 Å². The van der Waals surface area contributed by atoms with Crippen molar-refractivity contribution in [1.82, 2.24) is 0 Å². The molecule has 2 fully saturated rings. The van der Waals surface area contributed by atoms with Crippen molar-refractivity contribution in [2.75, 3.05) is 26.4 Å². The molecule has 6 heteroatoms. The van der Waals surface area contributed by atoms with Crippen LogP contribution in [-0.4, -0.2) is 50.6 Å². The molecule has 0 amide bonds. The first-order chi connectivity index (χ1) is 26.6. The van der Waals surface area contributed by atoms with Crippen LogP contribution < -0.4 is 0 Å². The van der Waals surface area contributed by atoms with Crippen LogP contribution >= 0.6 is 0 Å². The molecule has 2 aliphatic heterocycles. The fourth-order valence-electron chi connectivity index (χ4n) is 8.23. The maximum Gasteiger partial charge on any atom is 0.305 e. The number of esters is 2. The molecule has 0 aromatic rings. The normalized spacial score (nSPS) is 17.4. The highest BCUT2D eigenvalue weighted by Gasteiger charge is 2.27. The molecule has 0 radical (unpaired) electrons. The molecular formula is C48H90O6. The van der Waals surface area contributed by atoms with Crippen LogP contribution in [-0.2, 0) is 28.5 Å². The number of epoxide rings is 2. The number of carbonyl (C=O) groups is 2. The van der Waals surface area contributed by atoms with Gasteiger partial charge in [-0.05, 0) is 63.2 Å². The molecule has 2 heterocycles. The lowest BCUT2D eigenvalue weighted by Crippen LogP contribution is -2.07. The molecule has 0 aromatic carbocycles. The number of rotatable bonds is 43. The van der Waals surface area contributed by atoms with Crippen LogP contribution in [0.15, 0.2) is 0 Å². The number of unbranched alkanes of at least 4 members (excludes halogenated alkanes) is 23. The molecule has 0 aliphatic carbocycles. The van der Waals surface area contributed by atoms with Crippen molar-refractivity contribution < 1.29 is 28.5 Å². The van der Waals surface area contributed by atoms with Gasteiger partial charge in [-0.25, -0.2) is 0 Å². The molecule has 4 atom stereocenters. The maximum atomic E-state index is 12.1. The molecule has 2 aliphatic rings. The van der Waals surface area contributed by atoms with Crippen LogP contribution in [0.1, 0.15) is 245 Å². The van der Waals surface area contributed by atoms with Gasteiger partial charge in [0, 0.05) is 12.8 Å². The van der Waals surface area contributed by atoms with Gasteiger partial charge in [-0.2, -0.15) is 0 Å². The van der Waals surface area contributed by atoms with Gasteiger partial charge in [-0.15, -0.1) is 0 Å². The molecule has 0 spiro atoms. The second-order valence-electron chi connectivity index (χ2n) is 17.4. The summed E-state index contributed by atoms with van der Waals surface area (Å²) in [4.78, 5) is 24.2. The van der Waals surface area contributed by atoms with Gasteiger partial charge in [-0.3, -0.25) is 9.59 Å². The zero-order valence-corrected chi connectivity index (χ0v) is 36.0. The fourth-order valence-corrected chi connectivity index (χ4v) is 8.23. The van der Waals surface area contributed by atoms with Gasteiger partial charge in [0.15, 0.2) is 0 Å². The maximum absolute atomic E-state index is 12.1. The summed E-state index contributed by atoms with van der Waals surface area (Å²) in [5.41, 5.74) is 0. The van der Waals surface area contributed by atoms with Gasteiger partial charge in [-0.1, -0.05) is 181 Å². The average Bonchev–Trinajstić information content (AvgIpc) is 4.12. The minimum atomic E-state index is -0.0457. The van der Waals surface area contributed by atoms with E-state index in [0.29, 0.717) is 38.3 Å². The highest BCUT2D eigenvalue weighted by Crippen LogP contribution is 2.29. The third-order valence-corrected chi connectivity index (χ3v) is 12.0. The summed E-state index contributed by atoms with van der Waals surface area (Å²) in [6.07, 6.45) is 45.2. The standard InChI is InChI=1S/C48H90O6/c1-3-5-7-9-15-23-31-43(39-45-41-53-45)33-25-17-11-13-19-27-35-47(49)51-37-29-21-22-30-38-52-48(50)36-28-20-14-12-18-26-34-44(40-46-42-54-46)32-24-16-10-8-6-4-2/h43-46H,3-42H2,1-2H3. The zero-order chi connectivity index (χ0) is 38.6. The Morgan fingerprint density at radius 3 is 1.02 bits per heavy atom. The lowest BCUT2D eigenvalue weighted by atomic mass is 9.90. The Morgan fingerprint density at radius 2 is 0.704 bits per heavy atom. The van der Waals surface area contributed by atoms with Gasteiger partial charge in [0.2, 0.25) is 0 Å². The molecule has 0 bridgehead atoms. The predicted octanol–water partition coefficient (Wildman–Crippen LogP) is 14.2. The van der Waals surface area contributed by atoms with Crippen molar-refractivity contribution in [3.8, 4) is 0 Å². The van der Waals surface area contributed by atoms with Gasteiger partial charge < -0.3 is 18.9 Å². The SMILES string of the molecule is CCCCCCCCC(CCCCCCCCC(=O)OCCCCCCOC(=O)CCCCCCCCC(CCCCCCCC)CC1CO1)CC1CO1. The van der Waals surface area contributed by atoms with Crippen LogP contribution in [0.5, 0.6) is 0 Å². The largest absolute Gasteiger partial charge is 0.466 e. The number of ether oxygens (including phenoxy) is 4. The van der Waals surface area contributed by atoms with Crippen LogP contribution in [0.2, 0.25) is 0 Å². The Morgan fingerprint density at radius 1 is 0.426 bits per heavy atom. The van der Waals surface area contributed by atoms with E-state index in [1.54, 1.807) is 0 Å². The quantitative estimate of drug-likeness (QED) is 0.0350. The number of carbonyl (C=O) groups excluding carboxylic acids is 2. The molecular weight excluding hydrogens is 673 g/mol. The van der Waals surface area contributed by atoms with Crippen LogP contribution in [0, 0.1) is 11.8 Å². The Labute approximate surface area is 335 Å². The highest BCUT2D eigenvalue weighted by atomic mass is 16.6. The summed E-state index contributed by atoms with van der Waals surface area (Å²) >= 11 is 0. The fraction of sp³-hybridized carbons (Fsp3) is 0.958. The van der Waals surface area contributed by atoms with Crippen molar-refractivity contribution in [1.29, 1.82) is 0 Å². The van der Waals surface area contributed by atoms with Crippen molar-refractivity contribution >= 4 is 11.9 Å². The minimum absolute atomic E-state index is 0.0457. The molecule has 4 unspecified atom stereocenters. The van der Waals surface area contributed by atoms with E-state index in [-0.39, 0.29) is 11.9 Å². The molecule has 6 nitrogen and oxygen atoms in total. The summed E-state index contributed by atoms with van der Waals surface area (Å²) < 4.78 is 22.0. The Hall–Kier alpha value is -1.14. The van der Waals surface area contributed by atoms with E-state index in [1.165, 1.54) is 167 Å². The van der Waals surface area contributed by atoms with Crippen molar-refractivity contribution in [3.63, 3.8) is 0 Å². The minimum Gasteiger partial charge on any atom is -0.466 e.